The quantitative estimate of drug-likeness (QED) is 0.647. The van der Waals surface area contributed by atoms with E-state index in [1.165, 1.54) is 23.5 Å². The zero-order valence-electron chi connectivity index (χ0n) is 14.5. The van der Waals surface area contributed by atoms with Crippen LogP contribution in [0.25, 0.3) is 0 Å². The predicted octanol–water partition coefficient (Wildman–Crippen LogP) is 2.04. The average Bonchev–Trinajstić information content (AvgIpc) is 3.08. The Hall–Kier alpha value is -0.930. The van der Waals surface area contributed by atoms with Crippen LogP contribution in [-0.4, -0.2) is 58.7 Å². The van der Waals surface area contributed by atoms with Gasteiger partial charge in [0.15, 0.2) is 0 Å². The molecule has 0 aromatic heterocycles. The molecule has 144 valence electrons. The highest BCUT2D eigenvalue weighted by molar-refractivity contribution is 7.89. The van der Waals surface area contributed by atoms with Gasteiger partial charge >= 0.3 is 0 Å². The van der Waals surface area contributed by atoms with Crippen LogP contribution in [0, 0.1) is 5.82 Å². The second-order valence-electron chi connectivity index (χ2n) is 5.69. The van der Waals surface area contributed by atoms with Crippen LogP contribution in [0.15, 0.2) is 23.1 Å². The largest absolute Gasteiger partial charge is 0.490 e. The second kappa shape index (κ2) is 10.3. The average molecular weight is 397 g/mol. The smallest absolute Gasteiger partial charge is 0.247 e. The zero-order valence-corrected chi connectivity index (χ0v) is 16.2. The van der Waals surface area contributed by atoms with E-state index in [2.05, 4.69) is 5.32 Å². The molecule has 0 radical (unpaired) electrons. The normalized spacial score (nSPS) is 17.5. The lowest BCUT2D eigenvalue weighted by molar-refractivity contribution is 0.144. The minimum Gasteiger partial charge on any atom is -0.490 e. The SMILES string of the molecule is CCCN(C1CCNC1)S(=O)(=O)c1cc(F)ccc1OCCOC.Cl. The zero-order chi connectivity index (χ0) is 17.6. The number of sulfonamides is 1. The molecule has 1 fully saturated rings. The summed E-state index contributed by atoms with van der Waals surface area (Å²) >= 11 is 0. The van der Waals surface area contributed by atoms with E-state index in [1.807, 2.05) is 6.92 Å². The number of benzene rings is 1. The second-order valence-corrected chi connectivity index (χ2v) is 7.55. The van der Waals surface area contributed by atoms with Crippen LogP contribution >= 0.6 is 12.4 Å². The van der Waals surface area contributed by atoms with E-state index in [9.17, 15) is 12.8 Å². The maximum Gasteiger partial charge on any atom is 0.247 e. The number of rotatable bonds is 9. The van der Waals surface area contributed by atoms with Crippen LogP contribution in [-0.2, 0) is 14.8 Å². The number of methoxy groups -OCH3 is 1. The van der Waals surface area contributed by atoms with Crippen molar-refractivity contribution >= 4 is 22.4 Å². The molecule has 0 saturated carbocycles. The maximum absolute atomic E-state index is 13.7. The van der Waals surface area contributed by atoms with Gasteiger partial charge in [0.2, 0.25) is 10.0 Å². The molecule has 6 nitrogen and oxygen atoms in total. The Bertz CT molecular complexity index is 639. The lowest BCUT2D eigenvalue weighted by atomic mass is 10.2. The summed E-state index contributed by atoms with van der Waals surface area (Å²) in [5.41, 5.74) is 0. The van der Waals surface area contributed by atoms with Crippen LogP contribution in [0.1, 0.15) is 19.8 Å². The van der Waals surface area contributed by atoms with E-state index >= 15 is 0 Å². The van der Waals surface area contributed by atoms with Crippen molar-refractivity contribution < 1.29 is 22.3 Å². The molecule has 0 spiro atoms. The fourth-order valence-corrected chi connectivity index (χ4v) is 4.66. The number of ether oxygens (including phenoxy) is 2. The summed E-state index contributed by atoms with van der Waals surface area (Å²) in [6.45, 7) is 4.22. The molecule has 0 aliphatic carbocycles. The first-order chi connectivity index (χ1) is 11.5. The van der Waals surface area contributed by atoms with Crippen LogP contribution < -0.4 is 10.1 Å². The molecule has 1 N–H and O–H groups in total. The Labute approximate surface area is 155 Å². The van der Waals surface area contributed by atoms with Gasteiger partial charge in [0, 0.05) is 26.2 Å². The van der Waals surface area contributed by atoms with Gasteiger partial charge in [0.05, 0.1) is 6.61 Å². The molecule has 1 aliphatic heterocycles. The predicted molar refractivity (Wildman–Crippen MR) is 96.5 cm³/mol. The van der Waals surface area contributed by atoms with E-state index in [0.717, 1.165) is 19.0 Å². The lowest BCUT2D eigenvalue weighted by Crippen LogP contribution is -2.42. The Morgan fingerprint density at radius 2 is 2.12 bits per heavy atom. The van der Waals surface area contributed by atoms with Gasteiger partial charge in [-0.25, -0.2) is 12.8 Å². The van der Waals surface area contributed by atoms with Crippen molar-refractivity contribution in [2.24, 2.45) is 0 Å². The third-order valence-electron chi connectivity index (χ3n) is 3.92. The molecule has 1 aromatic rings. The first kappa shape index (κ1) is 22.1. The molecule has 25 heavy (non-hydrogen) atoms. The van der Waals surface area contributed by atoms with Gasteiger partial charge in [-0.2, -0.15) is 4.31 Å². The molecule has 1 heterocycles. The summed E-state index contributed by atoms with van der Waals surface area (Å²) in [6, 6.07) is 3.46. The highest BCUT2D eigenvalue weighted by Gasteiger charge is 2.34. The van der Waals surface area contributed by atoms with Crippen molar-refractivity contribution in [3.05, 3.63) is 24.0 Å². The number of nitrogens with zero attached hydrogens (tertiary/aromatic N) is 1. The van der Waals surface area contributed by atoms with Crippen LogP contribution in [0.5, 0.6) is 5.75 Å². The van der Waals surface area contributed by atoms with E-state index in [-0.39, 0.29) is 35.7 Å². The molecule has 1 unspecified atom stereocenters. The van der Waals surface area contributed by atoms with Crippen LogP contribution in [0.3, 0.4) is 0 Å². The van der Waals surface area contributed by atoms with Crippen LogP contribution in [0.2, 0.25) is 0 Å². The van der Waals surface area contributed by atoms with Crippen molar-refractivity contribution in [2.75, 3.05) is 40.0 Å². The number of halogens is 2. The van der Waals surface area contributed by atoms with Crippen molar-refractivity contribution in [2.45, 2.75) is 30.7 Å². The molecule has 1 aliphatic rings. The maximum atomic E-state index is 13.7. The van der Waals surface area contributed by atoms with Gasteiger partial charge in [0.1, 0.15) is 23.1 Å². The molecule has 0 bridgehead atoms. The van der Waals surface area contributed by atoms with Crippen molar-refractivity contribution in [3.8, 4) is 5.75 Å². The van der Waals surface area contributed by atoms with Crippen LogP contribution in [0.4, 0.5) is 4.39 Å². The summed E-state index contributed by atoms with van der Waals surface area (Å²) in [4.78, 5) is -0.126. The Morgan fingerprint density at radius 3 is 2.72 bits per heavy atom. The topological polar surface area (TPSA) is 67.9 Å². The first-order valence-corrected chi connectivity index (χ1v) is 9.58. The van der Waals surface area contributed by atoms with Gasteiger partial charge in [-0.3, -0.25) is 0 Å². The minimum absolute atomic E-state index is 0. The first-order valence-electron chi connectivity index (χ1n) is 8.14. The van der Waals surface area contributed by atoms with E-state index in [1.54, 1.807) is 0 Å². The molecule has 2 rings (SSSR count). The number of hydrogen-bond donors (Lipinski definition) is 1. The number of nitrogens with one attached hydrogen (secondary N) is 1. The molecule has 9 heteroatoms. The van der Waals surface area contributed by atoms with Gasteiger partial charge in [-0.15, -0.1) is 12.4 Å². The van der Waals surface area contributed by atoms with Crippen molar-refractivity contribution in [1.29, 1.82) is 0 Å². The summed E-state index contributed by atoms with van der Waals surface area (Å²) in [7, 11) is -2.32. The minimum atomic E-state index is -3.85. The molecular weight excluding hydrogens is 371 g/mol. The summed E-state index contributed by atoms with van der Waals surface area (Å²) in [6.07, 6.45) is 1.43. The van der Waals surface area contributed by atoms with Gasteiger partial charge in [-0.05, 0) is 37.6 Å². The van der Waals surface area contributed by atoms with E-state index in [4.69, 9.17) is 9.47 Å². The van der Waals surface area contributed by atoms with Gasteiger partial charge < -0.3 is 14.8 Å². The highest BCUT2D eigenvalue weighted by Crippen LogP contribution is 2.30. The Kier molecular flexibility index (Phi) is 9.09. The summed E-state index contributed by atoms with van der Waals surface area (Å²) in [5.74, 6) is -0.450. The van der Waals surface area contributed by atoms with Gasteiger partial charge in [0.25, 0.3) is 0 Å². The van der Waals surface area contributed by atoms with Crippen molar-refractivity contribution in [3.63, 3.8) is 0 Å². The highest BCUT2D eigenvalue weighted by atomic mass is 35.5. The summed E-state index contributed by atoms with van der Waals surface area (Å²) < 4.78 is 51.9. The van der Waals surface area contributed by atoms with E-state index < -0.39 is 15.8 Å². The van der Waals surface area contributed by atoms with Gasteiger partial charge in [-0.1, -0.05) is 6.92 Å². The van der Waals surface area contributed by atoms with Crippen molar-refractivity contribution in [1.82, 2.24) is 9.62 Å². The third kappa shape index (κ3) is 5.52. The molecule has 1 atom stereocenters. The Balaban J connectivity index is 0.00000312. The summed E-state index contributed by atoms with van der Waals surface area (Å²) in [5, 5.41) is 3.17. The standard InChI is InChI=1S/C16H25FN2O4S.ClH/c1-3-8-19(14-6-7-18-12-14)24(20,21)16-11-13(17)4-5-15(16)23-10-9-22-2;/h4-5,11,14,18H,3,6-10,12H2,1-2H3;1H. The molecule has 1 saturated heterocycles. The monoisotopic (exact) mass is 396 g/mol. The third-order valence-corrected chi connectivity index (χ3v) is 5.90. The van der Waals surface area contributed by atoms with E-state index in [0.29, 0.717) is 26.1 Å². The lowest BCUT2D eigenvalue weighted by Gasteiger charge is -2.28. The number of hydrogen-bond acceptors (Lipinski definition) is 5. The molecule has 1 aromatic carbocycles. The Morgan fingerprint density at radius 1 is 1.36 bits per heavy atom. The fourth-order valence-electron chi connectivity index (χ4n) is 2.77. The molecule has 0 amide bonds. The molecular formula is C16H26ClFN2O4S. The fraction of sp³-hybridized carbons (Fsp3) is 0.625.